The summed E-state index contributed by atoms with van der Waals surface area (Å²) in [4.78, 5) is 0. The lowest BCUT2D eigenvalue weighted by atomic mass is 10.0. The predicted molar refractivity (Wildman–Crippen MR) is 71.2 cm³/mol. The van der Waals surface area contributed by atoms with Crippen LogP contribution in [0.25, 0.3) is 10.8 Å². The molecule has 0 aliphatic carbocycles. The third kappa shape index (κ3) is 2.06. The topological polar surface area (TPSA) is 12.0 Å². The molecule has 0 spiro atoms. The number of hydrogen-bond donors (Lipinski definition) is 1. The second-order valence-corrected chi connectivity index (χ2v) is 4.26. The molecule has 1 saturated heterocycles. The van der Waals surface area contributed by atoms with Gasteiger partial charge in [-0.05, 0) is 41.8 Å². The Morgan fingerprint density at radius 1 is 1.00 bits per heavy atom. The summed E-state index contributed by atoms with van der Waals surface area (Å²) in [5.74, 6) is 0. The fourth-order valence-corrected chi connectivity index (χ4v) is 2.39. The van der Waals surface area contributed by atoms with Crippen LogP contribution in [-0.4, -0.2) is 6.54 Å². The van der Waals surface area contributed by atoms with Crippen molar-refractivity contribution in [3.8, 4) is 0 Å². The van der Waals surface area contributed by atoms with Crippen molar-refractivity contribution in [2.45, 2.75) is 18.9 Å². The fraction of sp³-hybridized carbons (Fsp3) is 0.286. The second kappa shape index (κ2) is 4.86. The van der Waals surface area contributed by atoms with Crippen LogP contribution in [0.3, 0.4) is 0 Å². The van der Waals surface area contributed by atoms with E-state index in [-0.39, 0.29) is 12.4 Å². The van der Waals surface area contributed by atoms with E-state index in [1.807, 2.05) is 0 Å². The van der Waals surface area contributed by atoms with Gasteiger partial charge in [0.05, 0.1) is 0 Å². The smallest absolute Gasteiger partial charge is 0.0320 e. The maximum Gasteiger partial charge on any atom is 0.0320 e. The van der Waals surface area contributed by atoms with Crippen molar-refractivity contribution >= 4 is 23.2 Å². The van der Waals surface area contributed by atoms with E-state index < -0.39 is 0 Å². The molecule has 1 N–H and O–H groups in total. The average molecular weight is 234 g/mol. The zero-order valence-corrected chi connectivity index (χ0v) is 9.96. The van der Waals surface area contributed by atoms with Crippen molar-refractivity contribution in [2.24, 2.45) is 0 Å². The van der Waals surface area contributed by atoms with E-state index in [0.717, 1.165) is 6.54 Å². The lowest BCUT2D eigenvalue weighted by Crippen LogP contribution is -2.12. The van der Waals surface area contributed by atoms with Crippen LogP contribution in [0.2, 0.25) is 0 Å². The SMILES string of the molecule is Cl.c1ccc2cc([C@@H]3CCCN3)ccc2c1. The van der Waals surface area contributed by atoms with Gasteiger partial charge in [-0.1, -0.05) is 36.4 Å². The summed E-state index contributed by atoms with van der Waals surface area (Å²) < 4.78 is 0. The van der Waals surface area contributed by atoms with Crippen LogP contribution >= 0.6 is 12.4 Å². The molecule has 1 atom stereocenters. The number of benzene rings is 2. The second-order valence-electron chi connectivity index (χ2n) is 4.26. The van der Waals surface area contributed by atoms with Gasteiger partial charge >= 0.3 is 0 Å². The minimum atomic E-state index is 0. The highest BCUT2D eigenvalue weighted by atomic mass is 35.5. The number of nitrogens with one attached hydrogen (secondary N) is 1. The van der Waals surface area contributed by atoms with Gasteiger partial charge in [0.2, 0.25) is 0 Å². The summed E-state index contributed by atoms with van der Waals surface area (Å²) in [5, 5.41) is 6.22. The Morgan fingerprint density at radius 2 is 1.81 bits per heavy atom. The average Bonchev–Trinajstić information content (AvgIpc) is 2.82. The maximum absolute atomic E-state index is 3.54. The van der Waals surface area contributed by atoms with E-state index in [4.69, 9.17) is 0 Å². The van der Waals surface area contributed by atoms with Crippen molar-refractivity contribution in [3.05, 3.63) is 48.0 Å². The van der Waals surface area contributed by atoms with E-state index >= 15 is 0 Å². The Labute approximate surface area is 102 Å². The molecule has 2 aromatic rings. The first-order valence-corrected chi connectivity index (χ1v) is 5.65. The van der Waals surface area contributed by atoms with Crippen molar-refractivity contribution in [1.82, 2.24) is 5.32 Å². The molecule has 2 heteroatoms. The molecule has 1 nitrogen and oxygen atoms in total. The third-order valence-electron chi connectivity index (χ3n) is 3.24. The van der Waals surface area contributed by atoms with E-state index in [2.05, 4.69) is 47.8 Å². The monoisotopic (exact) mass is 233 g/mol. The van der Waals surface area contributed by atoms with Crippen molar-refractivity contribution in [2.75, 3.05) is 6.54 Å². The van der Waals surface area contributed by atoms with Gasteiger partial charge in [-0.15, -0.1) is 12.4 Å². The minimum Gasteiger partial charge on any atom is -0.310 e. The summed E-state index contributed by atoms with van der Waals surface area (Å²) >= 11 is 0. The minimum absolute atomic E-state index is 0. The standard InChI is InChI=1S/C14H15N.ClH/c1-2-5-12-10-13(8-7-11(12)4-1)14-6-3-9-15-14;/h1-2,4-5,7-8,10,14-15H,3,6,9H2;1H/t14-;/m0./s1. The van der Waals surface area contributed by atoms with Gasteiger partial charge in [-0.2, -0.15) is 0 Å². The molecule has 1 fully saturated rings. The zero-order valence-electron chi connectivity index (χ0n) is 9.15. The van der Waals surface area contributed by atoms with E-state index in [9.17, 15) is 0 Å². The molecule has 0 bridgehead atoms. The largest absolute Gasteiger partial charge is 0.310 e. The van der Waals surface area contributed by atoms with Gasteiger partial charge < -0.3 is 5.32 Å². The van der Waals surface area contributed by atoms with Gasteiger partial charge in [0, 0.05) is 6.04 Å². The molecule has 0 aromatic heterocycles. The van der Waals surface area contributed by atoms with Crippen LogP contribution in [0, 0.1) is 0 Å². The molecule has 0 unspecified atom stereocenters. The highest BCUT2D eigenvalue weighted by Gasteiger charge is 2.15. The predicted octanol–water partition coefficient (Wildman–Crippen LogP) is 3.69. The molecule has 84 valence electrons. The number of fused-ring (bicyclic) bond motifs is 1. The van der Waals surface area contributed by atoms with E-state index in [1.165, 1.54) is 29.2 Å². The van der Waals surface area contributed by atoms with E-state index in [0.29, 0.717) is 6.04 Å². The molecular formula is C14H16ClN. The van der Waals surface area contributed by atoms with Crippen LogP contribution in [0.1, 0.15) is 24.4 Å². The van der Waals surface area contributed by atoms with Crippen molar-refractivity contribution in [1.29, 1.82) is 0 Å². The lowest BCUT2D eigenvalue weighted by Gasteiger charge is -2.11. The van der Waals surface area contributed by atoms with Gasteiger partial charge in [-0.3, -0.25) is 0 Å². The molecular weight excluding hydrogens is 218 g/mol. The van der Waals surface area contributed by atoms with Gasteiger partial charge in [0.15, 0.2) is 0 Å². The van der Waals surface area contributed by atoms with Gasteiger partial charge in [0.1, 0.15) is 0 Å². The van der Waals surface area contributed by atoms with Crippen LogP contribution < -0.4 is 5.32 Å². The summed E-state index contributed by atoms with van der Waals surface area (Å²) in [6.45, 7) is 1.16. The third-order valence-corrected chi connectivity index (χ3v) is 3.24. The van der Waals surface area contributed by atoms with Crippen molar-refractivity contribution in [3.63, 3.8) is 0 Å². The Bertz CT molecular complexity index is 475. The first kappa shape index (κ1) is 11.4. The zero-order chi connectivity index (χ0) is 10.1. The van der Waals surface area contributed by atoms with E-state index in [1.54, 1.807) is 0 Å². The first-order valence-electron chi connectivity index (χ1n) is 5.65. The Kier molecular flexibility index (Phi) is 3.47. The van der Waals surface area contributed by atoms with Crippen LogP contribution in [0.15, 0.2) is 42.5 Å². The summed E-state index contributed by atoms with van der Waals surface area (Å²) in [7, 11) is 0. The van der Waals surface area contributed by atoms with Crippen LogP contribution in [-0.2, 0) is 0 Å². The lowest BCUT2D eigenvalue weighted by molar-refractivity contribution is 0.648. The number of rotatable bonds is 1. The molecule has 0 saturated carbocycles. The Morgan fingerprint density at radius 3 is 2.56 bits per heavy atom. The highest BCUT2D eigenvalue weighted by Crippen LogP contribution is 2.25. The molecule has 1 aliphatic rings. The summed E-state index contributed by atoms with van der Waals surface area (Å²) in [5.41, 5.74) is 1.44. The number of hydrogen-bond acceptors (Lipinski definition) is 1. The quantitative estimate of drug-likeness (QED) is 0.792. The van der Waals surface area contributed by atoms with Crippen LogP contribution in [0.5, 0.6) is 0 Å². The fourth-order valence-electron chi connectivity index (χ4n) is 2.39. The Balaban J connectivity index is 0.000000963. The normalized spacial score (nSPS) is 19.6. The number of halogens is 1. The summed E-state index contributed by atoms with van der Waals surface area (Å²) in [6.07, 6.45) is 2.58. The van der Waals surface area contributed by atoms with Gasteiger partial charge in [-0.25, -0.2) is 0 Å². The molecule has 2 aromatic carbocycles. The molecule has 1 heterocycles. The first-order chi connectivity index (χ1) is 7.43. The van der Waals surface area contributed by atoms with Crippen molar-refractivity contribution < 1.29 is 0 Å². The molecule has 16 heavy (non-hydrogen) atoms. The molecule has 3 rings (SSSR count). The molecule has 0 amide bonds. The molecule has 1 aliphatic heterocycles. The Hall–Kier alpha value is -1.05. The summed E-state index contributed by atoms with van der Waals surface area (Å²) in [6, 6.07) is 15.9. The van der Waals surface area contributed by atoms with Gasteiger partial charge in [0.25, 0.3) is 0 Å². The molecule has 0 radical (unpaired) electrons. The van der Waals surface area contributed by atoms with Crippen LogP contribution in [0.4, 0.5) is 0 Å². The maximum atomic E-state index is 3.54. The highest BCUT2D eigenvalue weighted by molar-refractivity contribution is 5.85.